The van der Waals surface area contributed by atoms with Crippen LogP contribution in [-0.2, 0) is 4.79 Å². The lowest BCUT2D eigenvalue weighted by molar-refractivity contribution is -0.145. The molecule has 0 amide bonds. The molecule has 0 aromatic carbocycles. The van der Waals surface area contributed by atoms with Crippen LogP contribution >= 0.6 is 43.5 Å². The van der Waals surface area contributed by atoms with E-state index >= 15 is 0 Å². The first-order chi connectivity index (χ1) is 9.30. The van der Waals surface area contributed by atoms with Gasteiger partial charge in [-0.3, -0.25) is 4.79 Å². The van der Waals surface area contributed by atoms with Crippen molar-refractivity contribution in [3.63, 3.8) is 0 Å². The lowest BCUT2D eigenvalue weighted by Gasteiger charge is -2.45. The first kappa shape index (κ1) is 19.9. The number of carbonyl (C=O) groups excluding carboxylic acids is 1. The van der Waals surface area contributed by atoms with E-state index in [0.717, 1.165) is 6.42 Å². The Kier molecular flexibility index (Phi) is 6.40. The summed E-state index contributed by atoms with van der Waals surface area (Å²) in [6.45, 7) is 6.72. The third-order valence-corrected chi connectivity index (χ3v) is 8.21. The van der Waals surface area contributed by atoms with Gasteiger partial charge in [-0.15, -0.1) is 11.6 Å². The molecule has 0 heterocycles. The minimum absolute atomic E-state index is 0.0483. The molecular weight excluding hydrogens is 423 g/mol. The van der Waals surface area contributed by atoms with Crippen LogP contribution in [0.25, 0.3) is 0 Å². The fourth-order valence-electron chi connectivity index (χ4n) is 2.78. The number of carbonyl (C=O) groups is 1. The number of ketones is 1. The van der Waals surface area contributed by atoms with E-state index in [1.165, 1.54) is 6.92 Å². The molecule has 0 radical (unpaired) electrons. The van der Waals surface area contributed by atoms with Crippen LogP contribution in [0, 0.1) is 5.92 Å². The molecular formula is C15H25Br2ClO3. The van der Waals surface area contributed by atoms with Crippen LogP contribution in [0.15, 0.2) is 0 Å². The number of Topliss-reactive ketones (excluding diaryl/α,β-unsaturated/α-hetero) is 1. The Morgan fingerprint density at radius 1 is 1.48 bits per heavy atom. The van der Waals surface area contributed by atoms with E-state index in [9.17, 15) is 15.0 Å². The van der Waals surface area contributed by atoms with E-state index in [1.54, 1.807) is 13.8 Å². The zero-order chi connectivity index (χ0) is 16.6. The molecule has 1 fully saturated rings. The molecule has 0 saturated heterocycles. The standard InChI is InChI=1S/C15H25Br2ClO3/c1-9(19)15(21,8-12(17)13(2,3)20)10-5-6-14(4,18)11(16)7-10/h10-12,20-21H,5-8H2,1-4H3/t10-,11-,12-,14-,15-/m0/s1. The summed E-state index contributed by atoms with van der Waals surface area (Å²) < 4.78 is 0. The summed E-state index contributed by atoms with van der Waals surface area (Å²) in [7, 11) is 0. The van der Waals surface area contributed by atoms with Gasteiger partial charge >= 0.3 is 0 Å². The highest BCUT2D eigenvalue weighted by Crippen LogP contribution is 2.46. The largest absolute Gasteiger partial charge is 0.389 e. The summed E-state index contributed by atoms with van der Waals surface area (Å²) >= 11 is 13.4. The van der Waals surface area contributed by atoms with Gasteiger partial charge < -0.3 is 10.2 Å². The molecule has 0 unspecified atom stereocenters. The summed E-state index contributed by atoms with van der Waals surface area (Å²) in [5.74, 6) is -0.410. The zero-order valence-electron chi connectivity index (χ0n) is 13.0. The van der Waals surface area contributed by atoms with Crippen molar-refractivity contribution in [1.82, 2.24) is 0 Å². The normalized spacial score (nSPS) is 35.1. The maximum absolute atomic E-state index is 12.1. The molecule has 0 spiro atoms. The number of hydrogen-bond acceptors (Lipinski definition) is 3. The van der Waals surface area contributed by atoms with Gasteiger partial charge in [-0.05, 0) is 59.3 Å². The lowest BCUT2D eigenvalue weighted by atomic mass is 9.69. The number of halogens is 3. The Morgan fingerprint density at radius 2 is 2.00 bits per heavy atom. The molecule has 2 N–H and O–H groups in total. The lowest BCUT2D eigenvalue weighted by Crippen LogP contribution is -2.53. The molecule has 1 aliphatic rings. The number of alkyl halides is 3. The van der Waals surface area contributed by atoms with E-state index in [0.29, 0.717) is 12.8 Å². The Labute approximate surface area is 149 Å². The summed E-state index contributed by atoms with van der Waals surface area (Å²) in [5.41, 5.74) is -2.44. The second kappa shape index (κ2) is 6.76. The predicted octanol–water partition coefficient (Wildman–Crippen LogP) is 3.79. The van der Waals surface area contributed by atoms with Crippen molar-refractivity contribution < 1.29 is 15.0 Å². The first-order valence-electron chi connectivity index (χ1n) is 7.23. The minimum Gasteiger partial charge on any atom is -0.389 e. The van der Waals surface area contributed by atoms with E-state index in [-0.39, 0.29) is 32.7 Å². The van der Waals surface area contributed by atoms with Gasteiger partial charge in [-0.2, -0.15) is 0 Å². The molecule has 21 heavy (non-hydrogen) atoms. The molecule has 1 saturated carbocycles. The van der Waals surface area contributed by atoms with Crippen LogP contribution in [0.3, 0.4) is 0 Å². The van der Waals surface area contributed by atoms with Gasteiger partial charge in [0.15, 0.2) is 5.78 Å². The predicted molar refractivity (Wildman–Crippen MR) is 93.6 cm³/mol. The van der Waals surface area contributed by atoms with Crippen molar-refractivity contribution in [2.24, 2.45) is 5.92 Å². The molecule has 124 valence electrons. The van der Waals surface area contributed by atoms with Crippen molar-refractivity contribution in [1.29, 1.82) is 0 Å². The Bertz CT molecular complexity index is 395. The molecule has 0 aromatic rings. The topological polar surface area (TPSA) is 57.5 Å². The Morgan fingerprint density at radius 3 is 2.38 bits per heavy atom. The van der Waals surface area contributed by atoms with Crippen LogP contribution in [-0.4, -0.2) is 41.7 Å². The van der Waals surface area contributed by atoms with E-state index in [4.69, 9.17) is 11.6 Å². The smallest absolute Gasteiger partial charge is 0.161 e. The van der Waals surface area contributed by atoms with Gasteiger partial charge in [-0.25, -0.2) is 0 Å². The Balaban J connectivity index is 2.94. The summed E-state index contributed by atoms with van der Waals surface area (Å²) in [4.78, 5) is 11.4. The van der Waals surface area contributed by atoms with Crippen molar-refractivity contribution in [2.45, 2.75) is 79.1 Å². The molecule has 6 heteroatoms. The highest BCUT2D eigenvalue weighted by molar-refractivity contribution is 9.09. The summed E-state index contributed by atoms with van der Waals surface area (Å²) in [5, 5.41) is 21.0. The van der Waals surface area contributed by atoms with Gasteiger partial charge in [-0.1, -0.05) is 31.9 Å². The van der Waals surface area contributed by atoms with Gasteiger partial charge in [0.25, 0.3) is 0 Å². The van der Waals surface area contributed by atoms with E-state index in [1.807, 2.05) is 6.92 Å². The highest BCUT2D eigenvalue weighted by Gasteiger charge is 2.49. The van der Waals surface area contributed by atoms with Crippen molar-refractivity contribution in [3.8, 4) is 0 Å². The van der Waals surface area contributed by atoms with Gasteiger partial charge in [0, 0.05) is 9.65 Å². The Hall–Kier alpha value is 0.840. The fraction of sp³-hybridized carbons (Fsp3) is 0.933. The van der Waals surface area contributed by atoms with Crippen molar-refractivity contribution >= 4 is 49.2 Å². The maximum Gasteiger partial charge on any atom is 0.161 e. The SMILES string of the molecule is CC(=O)[C@@](O)(C[C@H](Br)C(C)(C)O)[C@H]1CC[C@](C)(Cl)[C@@H](Br)C1. The second-order valence-electron chi connectivity index (χ2n) is 7.02. The molecule has 0 aliphatic heterocycles. The average molecular weight is 449 g/mol. The fourth-order valence-corrected chi connectivity index (χ4v) is 4.15. The molecule has 0 aromatic heterocycles. The van der Waals surface area contributed by atoms with E-state index in [2.05, 4.69) is 31.9 Å². The molecule has 0 bridgehead atoms. The van der Waals surface area contributed by atoms with E-state index < -0.39 is 11.2 Å². The minimum atomic E-state index is -1.44. The van der Waals surface area contributed by atoms with Gasteiger partial charge in [0.1, 0.15) is 5.60 Å². The number of aliphatic hydroxyl groups is 2. The highest BCUT2D eigenvalue weighted by atomic mass is 79.9. The zero-order valence-corrected chi connectivity index (χ0v) is 16.9. The molecule has 3 nitrogen and oxygen atoms in total. The third kappa shape index (κ3) is 4.66. The first-order valence-corrected chi connectivity index (χ1v) is 9.44. The summed E-state index contributed by atoms with van der Waals surface area (Å²) in [6.07, 6.45) is 2.26. The monoisotopic (exact) mass is 446 g/mol. The van der Waals surface area contributed by atoms with Crippen LogP contribution in [0.2, 0.25) is 0 Å². The van der Waals surface area contributed by atoms with Crippen LogP contribution in [0.4, 0.5) is 0 Å². The average Bonchev–Trinajstić information content (AvgIpc) is 2.30. The summed E-state index contributed by atoms with van der Waals surface area (Å²) in [6, 6.07) is 0. The molecule has 5 atom stereocenters. The van der Waals surface area contributed by atoms with Crippen LogP contribution in [0.1, 0.15) is 53.4 Å². The van der Waals surface area contributed by atoms with Gasteiger partial charge in [0.05, 0.1) is 10.5 Å². The number of rotatable bonds is 5. The number of hydrogen-bond donors (Lipinski definition) is 2. The molecule has 1 aliphatic carbocycles. The van der Waals surface area contributed by atoms with Gasteiger partial charge in [0.2, 0.25) is 0 Å². The maximum atomic E-state index is 12.1. The van der Waals surface area contributed by atoms with Crippen LogP contribution < -0.4 is 0 Å². The molecule has 1 rings (SSSR count). The quantitative estimate of drug-likeness (QED) is 0.629. The van der Waals surface area contributed by atoms with Crippen molar-refractivity contribution in [2.75, 3.05) is 0 Å². The van der Waals surface area contributed by atoms with Crippen LogP contribution in [0.5, 0.6) is 0 Å². The second-order valence-corrected chi connectivity index (χ2v) is 10.1. The third-order valence-electron chi connectivity index (χ3n) is 4.67. The van der Waals surface area contributed by atoms with Crippen molar-refractivity contribution in [3.05, 3.63) is 0 Å².